The maximum Gasteiger partial charge on any atom is 0.288 e. The largest absolute Gasteiger partial charge is 0.493 e. The zero-order chi connectivity index (χ0) is 21.5. The Kier molecular flexibility index (Phi) is 4.35. The van der Waals surface area contributed by atoms with Gasteiger partial charge in [-0.25, -0.2) is 9.49 Å². The van der Waals surface area contributed by atoms with E-state index in [1.165, 1.54) is 25.0 Å². The third-order valence-electron chi connectivity index (χ3n) is 5.13. The molecule has 4 aromatic rings. The van der Waals surface area contributed by atoms with E-state index in [0.717, 1.165) is 0 Å². The molecule has 0 spiro atoms. The molecule has 1 aliphatic heterocycles. The van der Waals surface area contributed by atoms with E-state index in [-0.39, 0.29) is 11.6 Å². The summed E-state index contributed by atoms with van der Waals surface area (Å²) in [6.45, 7) is 0. The predicted octanol–water partition coefficient (Wildman–Crippen LogP) is 2.27. The Labute approximate surface area is 174 Å². The number of hydrogen-bond acceptors (Lipinski definition) is 8. The summed E-state index contributed by atoms with van der Waals surface area (Å²) in [5.41, 5.74) is 1.49. The van der Waals surface area contributed by atoms with Gasteiger partial charge >= 0.3 is 0 Å². The fourth-order valence-electron chi connectivity index (χ4n) is 3.73. The summed E-state index contributed by atoms with van der Waals surface area (Å²) in [6.07, 6.45) is 0. The van der Waals surface area contributed by atoms with Crippen LogP contribution in [0.1, 0.15) is 17.2 Å². The van der Waals surface area contributed by atoms with Crippen LogP contribution in [0.2, 0.25) is 0 Å². The first kappa shape index (κ1) is 18.7. The van der Waals surface area contributed by atoms with Crippen LogP contribution in [-0.4, -0.2) is 44.6 Å². The molecule has 0 radical (unpaired) electrons. The molecule has 0 unspecified atom stereocenters. The number of methoxy groups -OCH3 is 2. The number of ether oxygens (including phenoxy) is 2. The summed E-state index contributed by atoms with van der Waals surface area (Å²) in [4.78, 5) is 12.7. The van der Waals surface area contributed by atoms with Gasteiger partial charge in [0, 0.05) is 16.7 Å². The van der Waals surface area contributed by atoms with E-state index in [1.807, 2.05) is 0 Å². The summed E-state index contributed by atoms with van der Waals surface area (Å²) >= 11 is 0. The number of halogens is 1. The van der Waals surface area contributed by atoms with Gasteiger partial charge in [0.1, 0.15) is 17.5 Å². The van der Waals surface area contributed by atoms with Crippen LogP contribution in [0.3, 0.4) is 0 Å². The molecular formula is C20H16FN7O3. The zero-order valence-corrected chi connectivity index (χ0v) is 16.5. The van der Waals surface area contributed by atoms with E-state index in [2.05, 4.69) is 31.0 Å². The average molecular weight is 421 g/mol. The predicted molar refractivity (Wildman–Crippen MR) is 108 cm³/mol. The van der Waals surface area contributed by atoms with Crippen molar-refractivity contribution in [3.63, 3.8) is 0 Å². The van der Waals surface area contributed by atoms with Crippen LogP contribution in [0.5, 0.6) is 11.5 Å². The van der Waals surface area contributed by atoms with Crippen molar-refractivity contribution in [3.05, 3.63) is 69.8 Å². The number of anilines is 2. The molecule has 0 amide bonds. The summed E-state index contributed by atoms with van der Waals surface area (Å²) < 4.78 is 27.0. The normalized spacial score (nSPS) is 14.4. The summed E-state index contributed by atoms with van der Waals surface area (Å²) in [6, 6.07) is 10.7. The molecule has 2 N–H and O–H groups in total. The minimum Gasteiger partial charge on any atom is -0.493 e. The number of hydrogen-bond donors (Lipinski definition) is 2. The van der Waals surface area contributed by atoms with Gasteiger partial charge in [0.25, 0.3) is 5.56 Å². The van der Waals surface area contributed by atoms with Crippen molar-refractivity contribution in [1.82, 2.24) is 30.4 Å². The van der Waals surface area contributed by atoms with Crippen molar-refractivity contribution in [2.45, 2.75) is 6.04 Å². The van der Waals surface area contributed by atoms with Crippen molar-refractivity contribution < 1.29 is 13.9 Å². The highest BCUT2D eigenvalue weighted by Gasteiger charge is 2.35. The molecule has 3 heterocycles. The third-order valence-corrected chi connectivity index (χ3v) is 5.13. The van der Waals surface area contributed by atoms with Gasteiger partial charge in [-0.05, 0) is 34.7 Å². The summed E-state index contributed by atoms with van der Waals surface area (Å²) in [5.74, 6) is 0.781. The van der Waals surface area contributed by atoms with Crippen molar-refractivity contribution in [2.75, 3.05) is 19.5 Å². The summed E-state index contributed by atoms with van der Waals surface area (Å²) in [7, 11) is 3.06. The number of tetrazole rings is 1. The second-order valence-corrected chi connectivity index (χ2v) is 6.76. The van der Waals surface area contributed by atoms with Crippen molar-refractivity contribution in [3.8, 4) is 22.8 Å². The highest BCUT2D eigenvalue weighted by Crippen LogP contribution is 2.42. The monoisotopic (exact) mass is 421 g/mol. The van der Waals surface area contributed by atoms with Crippen LogP contribution in [0.4, 0.5) is 16.0 Å². The van der Waals surface area contributed by atoms with Gasteiger partial charge in [-0.3, -0.25) is 4.79 Å². The highest BCUT2D eigenvalue weighted by atomic mass is 19.1. The fraction of sp³-hybridized carbons (Fsp3) is 0.150. The number of nitrogens with one attached hydrogen (secondary N) is 2. The van der Waals surface area contributed by atoms with Crippen molar-refractivity contribution in [2.24, 2.45) is 0 Å². The van der Waals surface area contributed by atoms with Crippen LogP contribution < -0.4 is 20.3 Å². The number of H-pyrrole nitrogens is 1. The number of fused-ring (bicyclic) bond motifs is 2. The topological polar surface area (TPSA) is 120 Å². The van der Waals surface area contributed by atoms with E-state index < -0.39 is 17.4 Å². The second kappa shape index (κ2) is 7.20. The Morgan fingerprint density at radius 3 is 2.68 bits per heavy atom. The van der Waals surface area contributed by atoms with Gasteiger partial charge in [0.2, 0.25) is 5.95 Å². The van der Waals surface area contributed by atoms with Gasteiger partial charge in [0.05, 0.1) is 19.9 Å². The molecule has 10 nitrogen and oxygen atoms in total. The minimum absolute atomic E-state index is 0.190. The molecule has 0 saturated carbocycles. The Hall–Kier alpha value is -4.28. The maximum absolute atomic E-state index is 14.9. The van der Waals surface area contributed by atoms with Crippen molar-refractivity contribution in [1.29, 1.82) is 0 Å². The number of benzene rings is 2. The summed E-state index contributed by atoms with van der Waals surface area (Å²) in [5, 5.41) is 21.3. The van der Waals surface area contributed by atoms with E-state index in [4.69, 9.17) is 9.47 Å². The van der Waals surface area contributed by atoms with Crippen LogP contribution in [-0.2, 0) is 0 Å². The molecule has 5 rings (SSSR count). The molecule has 0 saturated heterocycles. The van der Waals surface area contributed by atoms with Gasteiger partial charge < -0.3 is 14.8 Å². The number of aromatic nitrogens is 6. The Balaban J connectivity index is 1.81. The lowest BCUT2D eigenvalue weighted by atomic mass is 9.92. The molecule has 2 aromatic heterocycles. The molecule has 156 valence electrons. The maximum atomic E-state index is 14.9. The smallest absolute Gasteiger partial charge is 0.288 e. The second-order valence-electron chi connectivity index (χ2n) is 6.76. The van der Waals surface area contributed by atoms with Crippen LogP contribution in [0, 0.1) is 5.82 Å². The molecule has 0 bridgehead atoms. The third kappa shape index (κ3) is 2.89. The van der Waals surface area contributed by atoms with Crippen molar-refractivity contribution >= 4 is 11.6 Å². The lowest BCUT2D eigenvalue weighted by Crippen LogP contribution is -2.29. The van der Waals surface area contributed by atoms with Gasteiger partial charge in [-0.1, -0.05) is 23.3 Å². The highest BCUT2D eigenvalue weighted by molar-refractivity contribution is 5.76. The van der Waals surface area contributed by atoms with Gasteiger partial charge in [-0.2, -0.15) is 9.78 Å². The number of rotatable bonds is 4. The van der Waals surface area contributed by atoms with E-state index >= 15 is 0 Å². The van der Waals surface area contributed by atoms with Crippen LogP contribution >= 0.6 is 0 Å². The molecule has 0 aliphatic carbocycles. The molecular weight excluding hydrogens is 405 g/mol. The molecule has 11 heteroatoms. The molecule has 31 heavy (non-hydrogen) atoms. The first-order valence-electron chi connectivity index (χ1n) is 9.26. The number of aromatic amines is 1. The zero-order valence-electron chi connectivity index (χ0n) is 16.5. The first-order valence-corrected chi connectivity index (χ1v) is 9.26. The standard InChI is InChI=1S/C20H16FN7O3/c1-30-13-8-7-10(9-14(13)31-2)16-15-17(19(29)24-23-16)22-20-25-26-27-28(20)18(15)11-5-3-4-6-12(11)21/h3-9,18H,1-2H3,(H,24,29)(H,22,25,27)/t18-/m1/s1. The van der Waals surface area contributed by atoms with Gasteiger partial charge in [-0.15, -0.1) is 0 Å². The van der Waals surface area contributed by atoms with E-state index in [0.29, 0.717) is 33.9 Å². The van der Waals surface area contributed by atoms with E-state index in [9.17, 15) is 9.18 Å². The fourth-order valence-corrected chi connectivity index (χ4v) is 3.73. The minimum atomic E-state index is -0.819. The lowest BCUT2D eigenvalue weighted by molar-refractivity contribution is 0.355. The van der Waals surface area contributed by atoms with E-state index in [1.54, 1.807) is 36.4 Å². The van der Waals surface area contributed by atoms with Crippen LogP contribution in [0.15, 0.2) is 47.3 Å². The Bertz CT molecular complexity index is 1350. The lowest BCUT2D eigenvalue weighted by Gasteiger charge is -2.28. The molecule has 0 fully saturated rings. The first-order chi connectivity index (χ1) is 15.1. The van der Waals surface area contributed by atoms with Gasteiger partial charge in [0.15, 0.2) is 11.5 Å². The average Bonchev–Trinajstić information content (AvgIpc) is 3.27. The Morgan fingerprint density at radius 2 is 1.90 bits per heavy atom. The molecule has 1 aliphatic rings. The Morgan fingerprint density at radius 1 is 1.10 bits per heavy atom. The molecule has 1 atom stereocenters. The SMILES string of the molecule is COc1ccc(-c2n[nH]c(=O)c3c2[C@@H](c2ccccc2F)n2nnnc2N3)cc1OC. The van der Waals surface area contributed by atoms with Crippen LogP contribution in [0.25, 0.3) is 11.3 Å². The number of nitrogens with zero attached hydrogens (tertiary/aromatic N) is 5. The quantitative estimate of drug-likeness (QED) is 0.454. The molecule has 2 aromatic carbocycles.